The number of hydrogen-bond acceptors (Lipinski definition) is 4. The molecule has 0 aromatic heterocycles. The number of alkyl halides is 1. The van der Waals surface area contributed by atoms with Crippen molar-refractivity contribution in [1.82, 2.24) is 4.90 Å². The van der Waals surface area contributed by atoms with Crippen LogP contribution < -0.4 is 4.74 Å². The standard InChI is InChI=1S/C20H24ClNO3/c1-22-8-6-20-13-4-5-15(23)19(20)25-18-16(24)9-11(3-2-7-21)12(17(18)20)10-14(13)22/h4-5,9,13-15,19,23-24H,2-3,6-8,10H2,1H3/t13-,14+,15-,19-,20-/m0/s1. The number of phenols is 1. The number of aliphatic hydroxyl groups is 1. The van der Waals surface area contributed by atoms with Gasteiger partial charge in [0.15, 0.2) is 11.5 Å². The number of halogens is 1. The molecule has 1 saturated heterocycles. The van der Waals surface area contributed by atoms with Gasteiger partial charge in [-0.2, -0.15) is 0 Å². The lowest BCUT2D eigenvalue weighted by Crippen LogP contribution is -2.64. The highest BCUT2D eigenvalue weighted by Crippen LogP contribution is 2.63. The summed E-state index contributed by atoms with van der Waals surface area (Å²) in [6.07, 6.45) is 6.88. The molecule has 4 aliphatic rings. The number of hydrogen-bond donors (Lipinski definition) is 2. The normalized spacial score (nSPS) is 37.7. The van der Waals surface area contributed by atoms with Crippen LogP contribution in [0.2, 0.25) is 0 Å². The molecule has 1 spiro atoms. The summed E-state index contributed by atoms with van der Waals surface area (Å²) in [5.74, 6) is 1.78. The Kier molecular flexibility index (Phi) is 3.44. The third-order valence-electron chi connectivity index (χ3n) is 6.95. The highest BCUT2D eigenvalue weighted by atomic mass is 35.5. The lowest BCUT2D eigenvalue weighted by molar-refractivity contribution is -0.0454. The van der Waals surface area contributed by atoms with Crippen molar-refractivity contribution in [2.24, 2.45) is 5.92 Å². The van der Waals surface area contributed by atoms with E-state index in [0.717, 1.165) is 32.2 Å². The Hall–Kier alpha value is -1.23. The zero-order valence-electron chi connectivity index (χ0n) is 14.4. The highest BCUT2D eigenvalue weighted by molar-refractivity contribution is 6.17. The van der Waals surface area contributed by atoms with E-state index in [1.807, 2.05) is 12.1 Å². The fourth-order valence-corrected chi connectivity index (χ4v) is 6.01. The van der Waals surface area contributed by atoms with Crippen LogP contribution >= 0.6 is 11.6 Å². The monoisotopic (exact) mass is 361 g/mol. The summed E-state index contributed by atoms with van der Waals surface area (Å²) >= 11 is 5.92. The molecule has 0 radical (unpaired) electrons. The molecule has 0 saturated carbocycles. The van der Waals surface area contributed by atoms with Crippen molar-refractivity contribution in [2.45, 2.75) is 49.3 Å². The van der Waals surface area contributed by atoms with Crippen molar-refractivity contribution in [3.63, 3.8) is 0 Å². The molecular weight excluding hydrogens is 338 g/mol. The zero-order chi connectivity index (χ0) is 17.3. The molecule has 5 atom stereocenters. The summed E-state index contributed by atoms with van der Waals surface area (Å²) in [5.41, 5.74) is 3.50. The maximum absolute atomic E-state index is 10.7. The molecule has 5 heteroatoms. The lowest BCUT2D eigenvalue weighted by Gasteiger charge is -2.56. The van der Waals surface area contributed by atoms with Crippen LogP contribution in [0, 0.1) is 5.92 Å². The number of aliphatic hydroxyl groups excluding tert-OH is 1. The SMILES string of the molecule is CN1CC[C@]23c4c5c(CCCCl)cc(O)c4O[C@H]2[C@@H](O)C=C[C@H]3[C@H]1C5. The predicted octanol–water partition coefficient (Wildman–Crippen LogP) is 2.37. The number of aromatic hydroxyl groups is 1. The molecule has 0 unspecified atom stereocenters. The number of likely N-dealkylation sites (N-methyl/N-ethyl adjacent to an activating group) is 1. The molecule has 0 amide bonds. The first-order valence-electron chi connectivity index (χ1n) is 9.25. The van der Waals surface area contributed by atoms with Gasteiger partial charge in [-0.25, -0.2) is 0 Å². The van der Waals surface area contributed by atoms with E-state index >= 15 is 0 Å². The van der Waals surface area contributed by atoms with Gasteiger partial charge in [0.25, 0.3) is 0 Å². The van der Waals surface area contributed by atoms with E-state index in [1.165, 1.54) is 16.7 Å². The molecule has 1 fully saturated rings. The lowest BCUT2D eigenvalue weighted by atomic mass is 9.53. The number of phenolic OH excluding ortho intramolecular Hbond substituents is 1. The molecule has 25 heavy (non-hydrogen) atoms. The molecule has 2 bridgehead atoms. The highest BCUT2D eigenvalue weighted by Gasteiger charge is 2.64. The minimum Gasteiger partial charge on any atom is -0.504 e. The molecule has 2 N–H and O–H groups in total. The van der Waals surface area contributed by atoms with Crippen molar-refractivity contribution in [2.75, 3.05) is 19.5 Å². The van der Waals surface area contributed by atoms with Crippen LogP contribution in [-0.2, 0) is 18.3 Å². The Morgan fingerprint density at radius 2 is 2.24 bits per heavy atom. The second-order valence-corrected chi connectivity index (χ2v) is 8.39. The number of piperidine rings is 1. The number of rotatable bonds is 3. The van der Waals surface area contributed by atoms with Crippen LogP contribution in [0.15, 0.2) is 18.2 Å². The van der Waals surface area contributed by atoms with E-state index in [9.17, 15) is 10.2 Å². The summed E-state index contributed by atoms with van der Waals surface area (Å²) in [6.45, 7) is 0.993. The Labute approximate surface area is 153 Å². The van der Waals surface area contributed by atoms with Gasteiger partial charge in [0, 0.05) is 28.8 Å². The van der Waals surface area contributed by atoms with Gasteiger partial charge in [-0.1, -0.05) is 12.2 Å². The van der Waals surface area contributed by atoms with Gasteiger partial charge < -0.3 is 19.8 Å². The van der Waals surface area contributed by atoms with E-state index in [-0.39, 0.29) is 17.3 Å². The van der Waals surface area contributed by atoms with E-state index in [1.54, 1.807) is 0 Å². The first kappa shape index (κ1) is 16.0. The maximum Gasteiger partial charge on any atom is 0.165 e. The molecule has 1 aromatic rings. The Morgan fingerprint density at radius 1 is 1.40 bits per heavy atom. The summed E-state index contributed by atoms with van der Waals surface area (Å²) in [6, 6.07) is 2.28. The molecular formula is C20H24ClNO3. The van der Waals surface area contributed by atoms with E-state index in [4.69, 9.17) is 16.3 Å². The second kappa shape index (κ2) is 5.38. The second-order valence-electron chi connectivity index (χ2n) is 8.01. The molecule has 2 aliphatic heterocycles. The Morgan fingerprint density at radius 3 is 3.04 bits per heavy atom. The van der Waals surface area contributed by atoms with Crippen LogP contribution in [0.3, 0.4) is 0 Å². The average Bonchev–Trinajstić information content (AvgIpc) is 2.95. The minimum atomic E-state index is -0.621. The smallest absolute Gasteiger partial charge is 0.165 e. The van der Waals surface area contributed by atoms with Gasteiger partial charge in [-0.15, -0.1) is 11.6 Å². The van der Waals surface area contributed by atoms with Crippen molar-refractivity contribution in [1.29, 1.82) is 0 Å². The van der Waals surface area contributed by atoms with Gasteiger partial charge >= 0.3 is 0 Å². The average molecular weight is 362 g/mol. The first-order valence-corrected chi connectivity index (χ1v) is 9.79. The fraction of sp³-hybridized carbons (Fsp3) is 0.600. The van der Waals surface area contributed by atoms with Crippen molar-refractivity contribution < 1.29 is 14.9 Å². The third-order valence-corrected chi connectivity index (χ3v) is 7.22. The van der Waals surface area contributed by atoms with Crippen LogP contribution in [0.1, 0.15) is 29.5 Å². The predicted molar refractivity (Wildman–Crippen MR) is 96.6 cm³/mol. The minimum absolute atomic E-state index is 0.206. The molecule has 2 heterocycles. The van der Waals surface area contributed by atoms with Crippen molar-refractivity contribution in [3.05, 3.63) is 34.9 Å². The number of ether oxygens (including phenoxy) is 1. The van der Waals surface area contributed by atoms with Gasteiger partial charge in [0.2, 0.25) is 0 Å². The summed E-state index contributed by atoms with van der Waals surface area (Å²) < 4.78 is 6.22. The first-order chi connectivity index (χ1) is 12.1. The molecule has 5 rings (SSSR count). The van der Waals surface area contributed by atoms with Gasteiger partial charge in [-0.05, 0) is 56.5 Å². The summed E-state index contributed by atoms with van der Waals surface area (Å²) in [4.78, 5) is 2.45. The van der Waals surface area contributed by atoms with Crippen LogP contribution in [0.5, 0.6) is 11.5 Å². The largest absolute Gasteiger partial charge is 0.504 e. The van der Waals surface area contributed by atoms with E-state index in [0.29, 0.717) is 23.6 Å². The molecule has 2 aliphatic carbocycles. The van der Waals surface area contributed by atoms with Crippen LogP contribution in [0.4, 0.5) is 0 Å². The number of aryl methyl sites for hydroxylation is 1. The number of benzene rings is 1. The number of likely N-dealkylation sites (tertiary alicyclic amines) is 1. The molecule has 134 valence electrons. The van der Waals surface area contributed by atoms with Crippen molar-refractivity contribution >= 4 is 11.6 Å². The van der Waals surface area contributed by atoms with E-state index < -0.39 is 6.10 Å². The summed E-state index contributed by atoms with van der Waals surface area (Å²) in [7, 11) is 2.20. The van der Waals surface area contributed by atoms with E-state index in [2.05, 4.69) is 18.0 Å². The fourth-order valence-electron chi connectivity index (χ4n) is 5.88. The zero-order valence-corrected chi connectivity index (χ0v) is 15.2. The quantitative estimate of drug-likeness (QED) is 0.641. The van der Waals surface area contributed by atoms with Crippen LogP contribution in [0.25, 0.3) is 0 Å². The Bertz CT molecular complexity index is 764. The molecule has 1 aromatic carbocycles. The maximum atomic E-state index is 10.7. The van der Waals surface area contributed by atoms with Gasteiger partial charge in [-0.3, -0.25) is 0 Å². The van der Waals surface area contributed by atoms with Gasteiger partial charge in [0.05, 0.1) is 0 Å². The Balaban J connectivity index is 1.77. The van der Waals surface area contributed by atoms with Crippen LogP contribution in [-0.4, -0.2) is 52.8 Å². The molecule has 4 nitrogen and oxygen atoms in total. The topological polar surface area (TPSA) is 52.9 Å². The third kappa shape index (κ3) is 1.91. The summed E-state index contributed by atoms with van der Waals surface area (Å²) in [5, 5.41) is 21.3. The number of nitrogens with zero attached hydrogens (tertiary/aromatic N) is 1. The van der Waals surface area contributed by atoms with Gasteiger partial charge in [0.1, 0.15) is 12.2 Å². The van der Waals surface area contributed by atoms with Crippen molar-refractivity contribution in [3.8, 4) is 11.5 Å².